The van der Waals surface area contributed by atoms with Crippen molar-refractivity contribution in [2.45, 2.75) is 33.6 Å². The fourth-order valence-corrected chi connectivity index (χ4v) is 2.70. The summed E-state index contributed by atoms with van der Waals surface area (Å²) in [5.41, 5.74) is 3.25. The van der Waals surface area contributed by atoms with Crippen LogP contribution in [-0.4, -0.2) is 25.1 Å². The minimum Gasteiger partial charge on any atom is -0.493 e. The van der Waals surface area contributed by atoms with Crippen LogP contribution in [0, 0.1) is 0 Å². The normalized spacial score (nSPS) is 10.3. The molecule has 0 radical (unpaired) electrons. The van der Waals surface area contributed by atoms with E-state index >= 15 is 0 Å². The third kappa shape index (κ3) is 4.85. The summed E-state index contributed by atoms with van der Waals surface area (Å²) in [5.74, 6) is -0.489. The molecule has 0 unspecified atom stereocenters. The molecule has 138 valence electrons. The second-order valence-electron chi connectivity index (χ2n) is 5.71. The lowest BCUT2D eigenvalue weighted by atomic mass is 10.0. The molecule has 1 amide bonds. The van der Waals surface area contributed by atoms with Crippen molar-refractivity contribution >= 4 is 17.6 Å². The largest absolute Gasteiger partial charge is 0.493 e. The van der Waals surface area contributed by atoms with Gasteiger partial charge in [-0.2, -0.15) is 0 Å². The van der Waals surface area contributed by atoms with Gasteiger partial charge in [0.15, 0.2) is 6.61 Å². The predicted molar refractivity (Wildman–Crippen MR) is 102 cm³/mol. The number of anilines is 1. The van der Waals surface area contributed by atoms with E-state index < -0.39 is 5.97 Å². The molecule has 0 aliphatic rings. The highest BCUT2D eigenvalue weighted by molar-refractivity contribution is 5.97. The van der Waals surface area contributed by atoms with Crippen LogP contribution in [0.4, 0.5) is 5.69 Å². The fourth-order valence-electron chi connectivity index (χ4n) is 2.70. The zero-order valence-corrected chi connectivity index (χ0v) is 15.5. The molecule has 2 rings (SSSR count). The number of carbonyl (C=O) groups is 2. The average Bonchev–Trinajstić information content (AvgIpc) is 2.67. The number of nitrogens with one attached hydrogen (secondary N) is 1. The second kappa shape index (κ2) is 9.61. The fraction of sp³-hybridized carbons (Fsp3) is 0.333. The van der Waals surface area contributed by atoms with E-state index in [4.69, 9.17) is 9.47 Å². The average molecular weight is 355 g/mol. The van der Waals surface area contributed by atoms with Crippen molar-refractivity contribution < 1.29 is 19.1 Å². The number of ether oxygens (including phenoxy) is 2. The molecule has 0 saturated carbocycles. The van der Waals surface area contributed by atoms with E-state index in [9.17, 15) is 9.59 Å². The highest BCUT2D eigenvalue weighted by atomic mass is 16.5. The Hall–Kier alpha value is -2.82. The molecule has 0 atom stereocenters. The zero-order chi connectivity index (χ0) is 18.9. The molecule has 0 saturated heterocycles. The number of esters is 1. The van der Waals surface area contributed by atoms with Crippen molar-refractivity contribution in [2.75, 3.05) is 18.5 Å². The van der Waals surface area contributed by atoms with Gasteiger partial charge in [-0.3, -0.25) is 4.79 Å². The van der Waals surface area contributed by atoms with Crippen molar-refractivity contribution in [3.63, 3.8) is 0 Å². The number of amides is 1. The van der Waals surface area contributed by atoms with Gasteiger partial charge in [0.05, 0.1) is 6.61 Å². The summed E-state index contributed by atoms with van der Waals surface area (Å²) < 4.78 is 10.6. The van der Waals surface area contributed by atoms with Crippen molar-refractivity contribution in [2.24, 2.45) is 0 Å². The monoisotopic (exact) mass is 355 g/mol. The van der Waals surface area contributed by atoms with E-state index in [1.54, 1.807) is 24.3 Å². The highest BCUT2D eigenvalue weighted by Gasteiger charge is 2.16. The second-order valence-corrected chi connectivity index (χ2v) is 5.71. The first-order valence-electron chi connectivity index (χ1n) is 8.90. The molecule has 1 N–H and O–H groups in total. The number of hydrogen-bond donors (Lipinski definition) is 1. The number of hydrogen-bond acceptors (Lipinski definition) is 4. The quantitative estimate of drug-likeness (QED) is 0.727. The van der Waals surface area contributed by atoms with E-state index in [2.05, 4.69) is 5.32 Å². The van der Waals surface area contributed by atoms with E-state index in [1.807, 2.05) is 39.0 Å². The SMILES string of the molecule is CCOc1ccccc1C(=O)OCC(=O)Nc1c(CC)cccc1CC. The maximum atomic E-state index is 12.3. The summed E-state index contributed by atoms with van der Waals surface area (Å²) in [6.07, 6.45) is 1.62. The summed E-state index contributed by atoms with van der Waals surface area (Å²) in [7, 11) is 0. The van der Waals surface area contributed by atoms with Crippen LogP contribution in [0.2, 0.25) is 0 Å². The molecular formula is C21H25NO4. The summed E-state index contributed by atoms with van der Waals surface area (Å²) in [4.78, 5) is 24.5. The van der Waals surface area contributed by atoms with Gasteiger partial charge in [-0.05, 0) is 43.0 Å². The summed E-state index contributed by atoms with van der Waals surface area (Å²) in [6.45, 7) is 6.01. The first kappa shape index (κ1) is 19.5. The first-order chi connectivity index (χ1) is 12.6. The number of aryl methyl sites for hydroxylation is 2. The van der Waals surface area contributed by atoms with Gasteiger partial charge in [-0.15, -0.1) is 0 Å². The zero-order valence-electron chi connectivity index (χ0n) is 15.5. The van der Waals surface area contributed by atoms with Gasteiger partial charge in [0, 0.05) is 5.69 Å². The van der Waals surface area contributed by atoms with Gasteiger partial charge in [0.1, 0.15) is 11.3 Å². The van der Waals surface area contributed by atoms with E-state index in [-0.39, 0.29) is 12.5 Å². The molecule has 26 heavy (non-hydrogen) atoms. The minimum absolute atomic E-state index is 0.311. The van der Waals surface area contributed by atoms with Gasteiger partial charge in [-0.25, -0.2) is 4.79 Å². The minimum atomic E-state index is -0.580. The van der Waals surface area contributed by atoms with E-state index in [1.165, 1.54) is 0 Å². The molecule has 0 aliphatic carbocycles. The van der Waals surface area contributed by atoms with Crippen LogP contribution >= 0.6 is 0 Å². The van der Waals surface area contributed by atoms with Crippen molar-refractivity contribution in [3.05, 3.63) is 59.2 Å². The highest BCUT2D eigenvalue weighted by Crippen LogP contribution is 2.23. The van der Waals surface area contributed by atoms with Crippen molar-refractivity contribution in [1.82, 2.24) is 0 Å². The van der Waals surface area contributed by atoms with Crippen molar-refractivity contribution in [3.8, 4) is 5.75 Å². The summed E-state index contributed by atoms with van der Waals surface area (Å²) in [6, 6.07) is 12.8. The lowest BCUT2D eigenvalue weighted by Crippen LogP contribution is -2.22. The van der Waals surface area contributed by atoms with Crippen LogP contribution in [0.15, 0.2) is 42.5 Å². The van der Waals surface area contributed by atoms with Crippen LogP contribution in [0.3, 0.4) is 0 Å². The molecule has 0 bridgehead atoms. The molecule has 2 aromatic rings. The molecule has 5 heteroatoms. The predicted octanol–water partition coefficient (Wildman–Crippen LogP) is 4.01. The number of carbonyl (C=O) groups excluding carboxylic acids is 2. The van der Waals surface area contributed by atoms with Crippen LogP contribution in [0.25, 0.3) is 0 Å². The molecule has 0 aromatic heterocycles. The number of rotatable bonds is 8. The van der Waals surface area contributed by atoms with Gasteiger partial charge in [0.2, 0.25) is 0 Å². The molecule has 2 aromatic carbocycles. The summed E-state index contributed by atoms with van der Waals surface area (Å²) >= 11 is 0. The van der Waals surface area contributed by atoms with Gasteiger partial charge >= 0.3 is 5.97 Å². The first-order valence-corrected chi connectivity index (χ1v) is 8.90. The Morgan fingerprint density at radius 3 is 2.19 bits per heavy atom. The molecule has 0 spiro atoms. The lowest BCUT2D eigenvalue weighted by Gasteiger charge is -2.14. The van der Waals surface area contributed by atoms with Gasteiger partial charge in [-0.1, -0.05) is 44.2 Å². The third-order valence-corrected chi connectivity index (χ3v) is 4.00. The van der Waals surface area contributed by atoms with Crippen LogP contribution in [0.1, 0.15) is 42.3 Å². The lowest BCUT2D eigenvalue weighted by molar-refractivity contribution is -0.119. The molecule has 5 nitrogen and oxygen atoms in total. The molecule has 0 aliphatic heterocycles. The molecular weight excluding hydrogens is 330 g/mol. The van der Waals surface area contributed by atoms with Gasteiger partial charge < -0.3 is 14.8 Å². The van der Waals surface area contributed by atoms with E-state index in [0.717, 1.165) is 29.7 Å². The molecule has 0 heterocycles. The van der Waals surface area contributed by atoms with Crippen LogP contribution in [0.5, 0.6) is 5.75 Å². The third-order valence-electron chi connectivity index (χ3n) is 4.00. The Bertz CT molecular complexity index is 748. The smallest absolute Gasteiger partial charge is 0.342 e. The summed E-state index contributed by atoms with van der Waals surface area (Å²) in [5, 5.41) is 2.88. The Labute approximate surface area is 154 Å². The maximum absolute atomic E-state index is 12.3. The maximum Gasteiger partial charge on any atom is 0.342 e. The Morgan fingerprint density at radius 2 is 1.58 bits per heavy atom. The standard InChI is InChI=1S/C21H25NO4/c1-4-15-10-9-11-16(5-2)20(15)22-19(23)14-26-21(24)17-12-7-8-13-18(17)25-6-3/h7-13H,4-6,14H2,1-3H3,(H,22,23). The van der Waals surface area contributed by atoms with Gasteiger partial charge in [0.25, 0.3) is 5.91 Å². The van der Waals surface area contributed by atoms with Crippen molar-refractivity contribution in [1.29, 1.82) is 0 Å². The Kier molecular flexibility index (Phi) is 7.21. The molecule has 0 fully saturated rings. The number of para-hydroxylation sites is 2. The number of benzene rings is 2. The Balaban J connectivity index is 2.03. The van der Waals surface area contributed by atoms with E-state index in [0.29, 0.717) is 17.9 Å². The topological polar surface area (TPSA) is 64.6 Å². The Morgan fingerprint density at radius 1 is 0.923 bits per heavy atom. The van der Waals surface area contributed by atoms with Crippen LogP contribution in [-0.2, 0) is 22.4 Å². The van der Waals surface area contributed by atoms with Crippen LogP contribution < -0.4 is 10.1 Å².